The molecule has 3 heteroatoms. The van der Waals surface area contributed by atoms with Crippen LogP contribution < -0.4 is 10.6 Å². The maximum absolute atomic E-state index is 11.7. The van der Waals surface area contributed by atoms with Crippen molar-refractivity contribution in [2.24, 2.45) is 17.8 Å². The van der Waals surface area contributed by atoms with Gasteiger partial charge in [0.1, 0.15) is 0 Å². The lowest BCUT2D eigenvalue weighted by Crippen LogP contribution is -2.40. The molecular weight excluding hydrogens is 176 g/mol. The second-order valence-corrected chi connectivity index (χ2v) is 4.55. The molecule has 0 aromatic rings. The van der Waals surface area contributed by atoms with Gasteiger partial charge in [-0.05, 0) is 18.9 Å². The Bertz CT molecular complexity index is 167. The van der Waals surface area contributed by atoms with Gasteiger partial charge in [-0.3, -0.25) is 4.79 Å². The molecule has 0 aliphatic carbocycles. The molecule has 0 saturated carbocycles. The summed E-state index contributed by atoms with van der Waals surface area (Å²) in [7, 11) is 1.88. The maximum Gasteiger partial charge on any atom is 0.224 e. The first kappa shape index (κ1) is 13.4. The highest BCUT2D eigenvalue weighted by Crippen LogP contribution is 2.09. The van der Waals surface area contributed by atoms with Crippen LogP contribution in [-0.2, 0) is 4.79 Å². The molecule has 3 nitrogen and oxygen atoms in total. The van der Waals surface area contributed by atoms with E-state index in [4.69, 9.17) is 0 Å². The predicted molar refractivity (Wildman–Crippen MR) is 60.1 cm³/mol. The van der Waals surface area contributed by atoms with Crippen LogP contribution in [0.15, 0.2) is 0 Å². The molecular formula is C11H24N2O. The lowest BCUT2D eigenvalue weighted by Gasteiger charge is -2.20. The smallest absolute Gasteiger partial charge is 0.224 e. The van der Waals surface area contributed by atoms with Crippen molar-refractivity contribution < 1.29 is 4.79 Å². The molecule has 0 radical (unpaired) electrons. The van der Waals surface area contributed by atoms with E-state index < -0.39 is 0 Å². The molecule has 1 amide bonds. The van der Waals surface area contributed by atoms with Gasteiger partial charge in [0, 0.05) is 13.1 Å². The first-order chi connectivity index (χ1) is 6.49. The van der Waals surface area contributed by atoms with Crippen molar-refractivity contribution in [1.82, 2.24) is 10.6 Å². The lowest BCUT2D eigenvalue weighted by molar-refractivity contribution is -0.126. The van der Waals surface area contributed by atoms with Gasteiger partial charge >= 0.3 is 0 Å². The fourth-order valence-electron chi connectivity index (χ4n) is 1.29. The molecule has 0 aromatic heterocycles. The minimum Gasteiger partial charge on any atom is -0.356 e. The van der Waals surface area contributed by atoms with Crippen molar-refractivity contribution in [3.63, 3.8) is 0 Å². The number of nitrogens with one attached hydrogen (secondary N) is 2. The summed E-state index contributed by atoms with van der Waals surface area (Å²) in [5, 5.41) is 6.03. The number of carbonyl (C=O) groups excluding carboxylic acids is 1. The Kier molecular flexibility index (Phi) is 6.54. The van der Waals surface area contributed by atoms with Crippen molar-refractivity contribution >= 4 is 5.91 Å². The van der Waals surface area contributed by atoms with Crippen LogP contribution >= 0.6 is 0 Å². The Balaban J connectivity index is 4.02. The van der Waals surface area contributed by atoms with Gasteiger partial charge in [0.05, 0.1) is 5.92 Å². The average Bonchev–Trinajstić information content (AvgIpc) is 2.09. The zero-order valence-electron chi connectivity index (χ0n) is 10.1. The van der Waals surface area contributed by atoms with Crippen LogP contribution in [0.4, 0.5) is 0 Å². The van der Waals surface area contributed by atoms with E-state index in [0.717, 1.165) is 13.1 Å². The molecule has 0 fully saturated rings. The summed E-state index contributed by atoms with van der Waals surface area (Å²) in [6.07, 6.45) is 0. The largest absolute Gasteiger partial charge is 0.356 e. The van der Waals surface area contributed by atoms with Crippen LogP contribution in [0.2, 0.25) is 0 Å². The van der Waals surface area contributed by atoms with E-state index in [0.29, 0.717) is 11.8 Å². The molecule has 0 saturated heterocycles. The van der Waals surface area contributed by atoms with Crippen molar-refractivity contribution in [1.29, 1.82) is 0 Å². The molecule has 0 aliphatic heterocycles. The summed E-state index contributed by atoms with van der Waals surface area (Å²) < 4.78 is 0. The quantitative estimate of drug-likeness (QED) is 0.677. The van der Waals surface area contributed by atoms with E-state index in [9.17, 15) is 4.79 Å². The molecule has 0 heterocycles. The van der Waals surface area contributed by atoms with Crippen molar-refractivity contribution in [3.05, 3.63) is 0 Å². The van der Waals surface area contributed by atoms with Gasteiger partial charge < -0.3 is 10.6 Å². The topological polar surface area (TPSA) is 41.1 Å². The SMILES string of the molecule is CNCC(C(=O)NCC(C)C)C(C)C. The van der Waals surface area contributed by atoms with E-state index in [2.05, 4.69) is 38.3 Å². The Hall–Kier alpha value is -0.570. The van der Waals surface area contributed by atoms with Gasteiger partial charge in [-0.2, -0.15) is 0 Å². The van der Waals surface area contributed by atoms with Crippen molar-refractivity contribution in [3.8, 4) is 0 Å². The number of carbonyl (C=O) groups is 1. The summed E-state index contributed by atoms with van der Waals surface area (Å²) in [4.78, 5) is 11.7. The highest BCUT2D eigenvalue weighted by molar-refractivity contribution is 5.79. The number of hydrogen-bond acceptors (Lipinski definition) is 2. The lowest BCUT2D eigenvalue weighted by atomic mass is 9.95. The van der Waals surface area contributed by atoms with Crippen LogP contribution in [0.25, 0.3) is 0 Å². The van der Waals surface area contributed by atoms with Crippen LogP contribution in [0.1, 0.15) is 27.7 Å². The molecule has 0 aliphatic rings. The van der Waals surface area contributed by atoms with Crippen LogP contribution in [0.5, 0.6) is 0 Å². The summed E-state index contributed by atoms with van der Waals surface area (Å²) in [5.41, 5.74) is 0. The molecule has 0 bridgehead atoms. The second kappa shape index (κ2) is 6.82. The van der Waals surface area contributed by atoms with E-state index >= 15 is 0 Å². The fourth-order valence-corrected chi connectivity index (χ4v) is 1.29. The average molecular weight is 200 g/mol. The minimum absolute atomic E-state index is 0.0822. The molecule has 1 atom stereocenters. The molecule has 84 valence electrons. The first-order valence-corrected chi connectivity index (χ1v) is 5.41. The van der Waals surface area contributed by atoms with Gasteiger partial charge in [0.2, 0.25) is 5.91 Å². The van der Waals surface area contributed by atoms with Crippen molar-refractivity contribution in [2.75, 3.05) is 20.1 Å². The summed E-state index contributed by atoms with van der Waals surface area (Å²) in [5.74, 6) is 1.15. The van der Waals surface area contributed by atoms with E-state index in [1.165, 1.54) is 0 Å². The van der Waals surface area contributed by atoms with E-state index in [1.54, 1.807) is 0 Å². The first-order valence-electron chi connectivity index (χ1n) is 5.41. The minimum atomic E-state index is 0.0822. The number of rotatable bonds is 6. The Morgan fingerprint density at radius 1 is 1.14 bits per heavy atom. The second-order valence-electron chi connectivity index (χ2n) is 4.55. The van der Waals surface area contributed by atoms with Gasteiger partial charge in [-0.1, -0.05) is 27.7 Å². The Morgan fingerprint density at radius 3 is 2.07 bits per heavy atom. The van der Waals surface area contributed by atoms with Crippen LogP contribution in [0.3, 0.4) is 0 Å². The molecule has 14 heavy (non-hydrogen) atoms. The third kappa shape index (κ3) is 5.22. The molecule has 1 unspecified atom stereocenters. The van der Waals surface area contributed by atoms with E-state index in [-0.39, 0.29) is 11.8 Å². The third-order valence-corrected chi connectivity index (χ3v) is 2.25. The van der Waals surface area contributed by atoms with Gasteiger partial charge in [-0.15, -0.1) is 0 Å². The number of hydrogen-bond donors (Lipinski definition) is 2. The van der Waals surface area contributed by atoms with Crippen LogP contribution in [-0.4, -0.2) is 26.0 Å². The maximum atomic E-state index is 11.7. The van der Waals surface area contributed by atoms with Crippen molar-refractivity contribution in [2.45, 2.75) is 27.7 Å². The van der Waals surface area contributed by atoms with Gasteiger partial charge in [0.15, 0.2) is 0 Å². The summed E-state index contributed by atoms with van der Waals surface area (Å²) in [6.45, 7) is 9.88. The Labute approximate surface area is 87.6 Å². The van der Waals surface area contributed by atoms with Gasteiger partial charge in [-0.25, -0.2) is 0 Å². The standard InChI is InChI=1S/C11H24N2O/c1-8(2)6-13-11(14)10(7-12-5)9(3)4/h8-10,12H,6-7H2,1-5H3,(H,13,14). The summed E-state index contributed by atoms with van der Waals surface area (Å²) >= 11 is 0. The van der Waals surface area contributed by atoms with Crippen LogP contribution in [0, 0.1) is 17.8 Å². The number of amides is 1. The molecule has 0 spiro atoms. The third-order valence-electron chi connectivity index (χ3n) is 2.25. The monoisotopic (exact) mass is 200 g/mol. The predicted octanol–water partition coefficient (Wildman–Crippen LogP) is 1.25. The Morgan fingerprint density at radius 2 is 1.71 bits per heavy atom. The van der Waals surface area contributed by atoms with Gasteiger partial charge in [0.25, 0.3) is 0 Å². The molecule has 0 aromatic carbocycles. The normalized spacial score (nSPS) is 13.4. The zero-order chi connectivity index (χ0) is 11.1. The molecule has 2 N–H and O–H groups in total. The summed E-state index contributed by atoms with van der Waals surface area (Å²) in [6, 6.07) is 0. The fraction of sp³-hybridized carbons (Fsp3) is 0.909. The van der Waals surface area contributed by atoms with E-state index in [1.807, 2.05) is 7.05 Å². The highest BCUT2D eigenvalue weighted by atomic mass is 16.1. The molecule has 0 rings (SSSR count). The zero-order valence-corrected chi connectivity index (χ0v) is 10.1. The highest BCUT2D eigenvalue weighted by Gasteiger charge is 2.20.